The molecule has 0 saturated carbocycles. The summed E-state index contributed by atoms with van der Waals surface area (Å²) < 4.78 is 0. The van der Waals surface area contributed by atoms with Gasteiger partial charge in [0.05, 0.1) is 4.92 Å². The molecule has 2 atom stereocenters. The van der Waals surface area contributed by atoms with E-state index in [-0.39, 0.29) is 23.2 Å². The van der Waals surface area contributed by atoms with E-state index in [0.29, 0.717) is 18.4 Å². The third kappa shape index (κ3) is 5.58. The number of hydrogen-bond donors (Lipinski definition) is 0. The summed E-state index contributed by atoms with van der Waals surface area (Å²) in [4.78, 5) is 35.5. The van der Waals surface area contributed by atoms with Crippen LogP contribution in [-0.2, 0) is 11.2 Å². The number of benzene rings is 2. The van der Waals surface area contributed by atoms with E-state index in [1.54, 1.807) is 0 Å². The molecule has 27 heavy (non-hydrogen) atoms. The van der Waals surface area contributed by atoms with Crippen molar-refractivity contribution < 1.29 is 14.5 Å². The summed E-state index contributed by atoms with van der Waals surface area (Å²) in [7, 11) is 0. The largest absolute Gasteiger partial charge is 0.300 e. The van der Waals surface area contributed by atoms with Gasteiger partial charge in [0.2, 0.25) is 0 Å². The van der Waals surface area contributed by atoms with Crippen LogP contribution in [0.4, 0.5) is 5.69 Å². The lowest BCUT2D eigenvalue weighted by molar-refractivity contribution is -0.384. The molecule has 0 aliphatic rings. The van der Waals surface area contributed by atoms with Crippen LogP contribution in [0, 0.1) is 22.0 Å². The van der Waals surface area contributed by atoms with Gasteiger partial charge in [-0.15, -0.1) is 0 Å². The predicted octanol–water partition coefficient (Wildman–Crippen LogP) is 5.03. The summed E-state index contributed by atoms with van der Waals surface area (Å²) in [6.07, 6.45) is 2.86. The fourth-order valence-electron chi connectivity index (χ4n) is 3.50. The van der Waals surface area contributed by atoms with Crippen molar-refractivity contribution in [3.63, 3.8) is 0 Å². The number of carbonyl (C=O) groups excluding carboxylic acids is 2. The highest BCUT2D eigenvalue weighted by Gasteiger charge is 2.30. The minimum atomic E-state index is -0.490. The number of nitrogens with zero attached hydrogens (tertiary/aromatic N) is 1. The second-order valence-electron chi connectivity index (χ2n) is 6.78. The van der Waals surface area contributed by atoms with Crippen molar-refractivity contribution in [3.05, 3.63) is 75.8 Å². The highest BCUT2D eigenvalue weighted by atomic mass is 16.6. The smallest absolute Gasteiger partial charge is 0.269 e. The lowest BCUT2D eigenvalue weighted by atomic mass is 9.78. The van der Waals surface area contributed by atoms with Crippen LogP contribution in [0.5, 0.6) is 0 Å². The van der Waals surface area contributed by atoms with Gasteiger partial charge < -0.3 is 0 Å². The molecule has 0 fully saturated rings. The molecule has 0 heterocycles. The normalized spacial score (nSPS) is 13.0. The van der Waals surface area contributed by atoms with Crippen molar-refractivity contribution in [3.8, 4) is 0 Å². The third-order valence-corrected chi connectivity index (χ3v) is 4.97. The summed E-state index contributed by atoms with van der Waals surface area (Å²) in [6.45, 7) is 3.45. The van der Waals surface area contributed by atoms with E-state index in [1.165, 1.54) is 36.8 Å². The third-order valence-electron chi connectivity index (χ3n) is 4.97. The molecule has 0 spiro atoms. The number of rotatable bonds is 10. The van der Waals surface area contributed by atoms with Gasteiger partial charge in [-0.1, -0.05) is 37.3 Å². The van der Waals surface area contributed by atoms with Gasteiger partial charge in [-0.25, -0.2) is 0 Å². The first kappa shape index (κ1) is 20.5. The van der Waals surface area contributed by atoms with Crippen molar-refractivity contribution in [2.75, 3.05) is 0 Å². The van der Waals surface area contributed by atoms with Gasteiger partial charge in [0.25, 0.3) is 5.69 Å². The molecule has 0 aromatic heterocycles. The topological polar surface area (TPSA) is 77.3 Å². The van der Waals surface area contributed by atoms with Gasteiger partial charge in [-0.05, 0) is 50.3 Å². The first-order chi connectivity index (χ1) is 12.9. The fraction of sp³-hybridized carbons (Fsp3) is 0.364. The molecule has 0 bridgehead atoms. The van der Waals surface area contributed by atoms with Crippen molar-refractivity contribution in [2.45, 2.75) is 39.5 Å². The zero-order chi connectivity index (χ0) is 19.8. The van der Waals surface area contributed by atoms with Crippen molar-refractivity contribution in [1.29, 1.82) is 0 Å². The molecule has 0 amide bonds. The zero-order valence-electron chi connectivity index (χ0n) is 15.8. The number of non-ortho nitro benzene ring substituents is 1. The van der Waals surface area contributed by atoms with Gasteiger partial charge in [0, 0.05) is 29.5 Å². The first-order valence-electron chi connectivity index (χ1n) is 9.27. The summed E-state index contributed by atoms with van der Waals surface area (Å²) in [5.74, 6) is -0.835. The maximum absolute atomic E-state index is 13.1. The summed E-state index contributed by atoms with van der Waals surface area (Å²) in [5, 5.41) is 10.8. The maximum atomic E-state index is 13.1. The number of ketones is 2. The number of Topliss-reactive ketones (excluding diaryl/α,β-unsaturated/α-hetero) is 2. The van der Waals surface area contributed by atoms with E-state index in [1.807, 2.05) is 25.1 Å². The molecule has 2 rings (SSSR count). The van der Waals surface area contributed by atoms with Gasteiger partial charge in [0.1, 0.15) is 5.78 Å². The van der Waals surface area contributed by atoms with Crippen LogP contribution >= 0.6 is 0 Å². The Morgan fingerprint density at radius 1 is 1.00 bits per heavy atom. The van der Waals surface area contributed by atoms with E-state index in [2.05, 4.69) is 12.1 Å². The number of hydrogen-bond acceptors (Lipinski definition) is 4. The maximum Gasteiger partial charge on any atom is 0.269 e. The number of carbonyl (C=O) groups is 2. The van der Waals surface area contributed by atoms with Gasteiger partial charge in [-0.3, -0.25) is 19.7 Å². The van der Waals surface area contributed by atoms with Gasteiger partial charge in [-0.2, -0.15) is 0 Å². The van der Waals surface area contributed by atoms with E-state index < -0.39 is 10.8 Å². The molecule has 5 heteroatoms. The van der Waals surface area contributed by atoms with Crippen LogP contribution in [0.15, 0.2) is 54.6 Å². The minimum absolute atomic E-state index is 0.0115. The van der Waals surface area contributed by atoms with Crippen LogP contribution in [0.1, 0.15) is 49.0 Å². The zero-order valence-corrected chi connectivity index (χ0v) is 15.8. The van der Waals surface area contributed by atoms with E-state index >= 15 is 0 Å². The highest BCUT2D eigenvalue weighted by Crippen LogP contribution is 2.28. The fourth-order valence-corrected chi connectivity index (χ4v) is 3.50. The molecule has 0 saturated heterocycles. The Morgan fingerprint density at radius 3 is 2.15 bits per heavy atom. The van der Waals surface area contributed by atoms with Crippen LogP contribution in [0.2, 0.25) is 0 Å². The Morgan fingerprint density at radius 2 is 1.63 bits per heavy atom. The molecular formula is C22H25NO4. The Hall–Kier alpha value is -2.82. The first-order valence-corrected chi connectivity index (χ1v) is 9.27. The van der Waals surface area contributed by atoms with Crippen LogP contribution in [0.3, 0.4) is 0 Å². The molecule has 0 radical (unpaired) electrons. The minimum Gasteiger partial charge on any atom is -0.300 e. The lowest BCUT2D eigenvalue weighted by Gasteiger charge is -2.23. The average Bonchev–Trinajstić information content (AvgIpc) is 2.67. The van der Waals surface area contributed by atoms with Gasteiger partial charge >= 0.3 is 0 Å². The molecule has 0 aliphatic heterocycles. The Kier molecular flexibility index (Phi) is 7.41. The summed E-state index contributed by atoms with van der Waals surface area (Å²) >= 11 is 0. The lowest BCUT2D eigenvalue weighted by Crippen LogP contribution is -2.28. The van der Waals surface area contributed by atoms with Crippen LogP contribution in [-0.4, -0.2) is 16.5 Å². The molecule has 0 aliphatic carbocycles. The molecule has 2 aromatic carbocycles. The summed E-state index contributed by atoms with van der Waals surface area (Å²) in [5.41, 5.74) is 1.57. The molecule has 5 nitrogen and oxygen atoms in total. The van der Waals surface area contributed by atoms with E-state index in [9.17, 15) is 19.7 Å². The Balaban J connectivity index is 2.16. The second-order valence-corrected chi connectivity index (χ2v) is 6.78. The average molecular weight is 367 g/mol. The second kappa shape index (κ2) is 9.76. The number of aryl methyl sites for hydroxylation is 1. The SMILES string of the molecule is CCC(C(C)=O)C(CCCc1ccccc1)C(=O)c1ccc([N+](=O)[O-])cc1. The molecular weight excluding hydrogens is 342 g/mol. The van der Waals surface area contributed by atoms with Crippen molar-refractivity contribution >= 4 is 17.3 Å². The Bertz CT molecular complexity index is 784. The Labute approximate surface area is 159 Å². The monoisotopic (exact) mass is 367 g/mol. The van der Waals surface area contributed by atoms with Crippen molar-refractivity contribution in [1.82, 2.24) is 0 Å². The van der Waals surface area contributed by atoms with Gasteiger partial charge in [0.15, 0.2) is 5.78 Å². The number of nitro groups is 1. The van der Waals surface area contributed by atoms with Crippen LogP contribution in [0.25, 0.3) is 0 Å². The van der Waals surface area contributed by atoms with E-state index in [4.69, 9.17) is 0 Å². The van der Waals surface area contributed by atoms with Crippen LogP contribution < -0.4 is 0 Å². The molecule has 2 unspecified atom stereocenters. The van der Waals surface area contributed by atoms with Crippen molar-refractivity contribution in [2.24, 2.45) is 11.8 Å². The molecule has 0 N–H and O–H groups in total. The summed E-state index contributed by atoms with van der Waals surface area (Å²) in [6, 6.07) is 15.7. The number of nitro benzene ring substituents is 1. The quantitative estimate of drug-likeness (QED) is 0.335. The molecule has 2 aromatic rings. The van der Waals surface area contributed by atoms with E-state index in [0.717, 1.165) is 12.8 Å². The molecule has 142 valence electrons. The predicted molar refractivity (Wildman–Crippen MR) is 105 cm³/mol. The standard InChI is InChI=1S/C22H25NO4/c1-3-20(16(2)24)21(11-7-10-17-8-5-4-6-9-17)22(25)18-12-14-19(15-13-18)23(26)27/h4-6,8-9,12-15,20-21H,3,7,10-11H2,1-2H3. The highest BCUT2D eigenvalue weighted by molar-refractivity contribution is 6.00.